The molecule has 17 heavy (non-hydrogen) atoms. The molecule has 1 aromatic rings. The minimum absolute atomic E-state index is 0.333. The summed E-state index contributed by atoms with van der Waals surface area (Å²) in [6.45, 7) is 7.57. The molecule has 3 nitrogen and oxygen atoms in total. The molecule has 1 aromatic heterocycles. The molecule has 0 bridgehead atoms. The number of aromatic nitrogens is 2. The first-order valence-corrected chi connectivity index (χ1v) is 6.88. The van der Waals surface area contributed by atoms with Crippen LogP contribution in [0.1, 0.15) is 64.6 Å². The van der Waals surface area contributed by atoms with Crippen LogP contribution in [0.3, 0.4) is 0 Å². The quantitative estimate of drug-likeness (QED) is 0.868. The minimum Gasteiger partial charge on any atom is -0.306 e. The first-order chi connectivity index (χ1) is 8.09. The Hall–Kier alpha value is -0.830. The SMILES string of the molecule is CC(C)n1ccc(CNC2(C)CCCCC2)n1. The molecule has 0 spiro atoms. The monoisotopic (exact) mass is 235 g/mol. The van der Waals surface area contributed by atoms with E-state index in [-0.39, 0.29) is 0 Å². The van der Waals surface area contributed by atoms with Gasteiger partial charge in [-0.1, -0.05) is 19.3 Å². The lowest BCUT2D eigenvalue weighted by atomic mass is 9.83. The van der Waals surface area contributed by atoms with Gasteiger partial charge >= 0.3 is 0 Å². The van der Waals surface area contributed by atoms with Crippen LogP contribution >= 0.6 is 0 Å². The molecule has 1 aliphatic rings. The second-order valence-corrected chi connectivity index (χ2v) is 5.86. The summed E-state index contributed by atoms with van der Waals surface area (Å²) in [6.07, 6.45) is 8.81. The van der Waals surface area contributed by atoms with Crippen LogP contribution < -0.4 is 5.32 Å². The summed E-state index contributed by atoms with van der Waals surface area (Å²) in [5.74, 6) is 0. The van der Waals surface area contributed by atoms with Crippen LogP contribution in [0.5, 0.6) is 0 Å². The van der Waals surface area contributed by atoms with E-state index in [0.29, 0.717) is 11.6 Å². The van der Waals surface area contributed by atoms with Crippen LogP contribution in [0.2, 0.25) is 0 Å². The highest BCUT2D eigenvalue weighted by Gasteiger charge is 2.25. The summed E-state index contributed by atoms with van der Waals surface area (Å²) in [7, 11) is 0. The minimum atomic E-state index is 0.333. The average Bonchev–Trinajstić information content (AvgIpc) is 2.76. The molecule has 0 atom stereocenters. The topological polar surface area (TPSA) is 29.9 Å². The molecule has 1 saturated carbocycles. The Labute approximate surface area is 105 Å². The fraction of sp³-hybridized carbons (Fsp3) is 0.786. The Balaban J connectivity index is 1.88. The normalized spacial score (nSPS) is 19.8. The van der Waals surface area contributed by atoms with Gasteiger partial charge in [0.2, 0.25) is 0 Å². The molecule has 0 amide bonds. The summed E-state index contributed by atoms with van der Waals surface area (Å²) >= 11 is 0. The molecule has 0 radical (unpaired) electrons. The molecule has 2 rings (SSSR count). The lowest BCUT2D eigenvalue weighted by Gasteiger charge is -2.34. The van der Waals surface area contributed by atoms with Crippen molar-refractivity contribution in [1.82, 2.24) is 15.1 Å². The number of nitrogens with zero attached hydrogens (tertiary/aromatic N) is 2. The molecule has 1 heterocycles. The molecule has 1 aliphatic carbocycles. The molecule has 0 aromatic carbocycles. The molecule has 0 saturated heterocycles. The summed E-state index contributed by atoms with van der Waals surface area (Å²) in [5, 5.41) is 8.27. The third-order valence-corrected chi connectivity index (χ3v) is 3.85. The van der Waals surface area contributed by atoms with E-state index in [2.05, 4.69) is 43.4 Å². The van der Waals surface area contributed by atoms with Crippen molar-refractivity contribution in [2.75, 3.05) is 0 Å². The van der Waals surface area contributed by atoms with Crippen molar-refractivity contribution in [3.8, 4) is 0 Å². The van der Waals surface area contributed by atoms with Crippen LogP contribution in [0.15, 0.2) is 12.3 Å². The summed E-state index contributed by atoms with van der Waals surface area (Å²) in [4.78, 5) is 0. The maximum atomic E-state index is 4.58. The van der Waals surface area contributed by atoms with Gasteiger partial charge in [-0.25, -0.2) is 0 Å². The largest absolute Gasteiger partial charge is 0.306 e. The van der Waals surface area contributed by atoms with E-state index in [9.17, 15) is 0 Å². The van der Waals surface area contributed by atoms with Crippen molar-refractivity contribution in [3.63, 3.8) is 0 Å². The van der Waals surface area contributed by atoms with Gasteiger partial charge in [0.05, 0.1) is 5.69 Å². The zero-order valence-corrected chi connectivity index (χ0v) is 11.4. The first-order valence-electron chi connectivity index (χ1n) is 6.88. The van der Waals surface area contributed by atoms with Crippen molar-refractivity contribution < 1.29 is 0 Å². The van der Waals surface area contributed by atoms with Crippen LogP contribution in [-0.2, 0) is 6.54 Å². The Morgan fingerprint density at radius 1 is 1.35 bits per heavy atom. The van der Waals surface area contributed by atoms with Crippen LogP contribution in [0.4, 0.5) is 0 Å². The van der Waals surface area contributed by atoms with Crippen LogP contribution in [0, 0.1) is 0 Å². The van der Waals surface area contributed by atoms with Gasteiger partial charge in [0.25, 0.3) is 0 Å². The highest BCUT2D eigenvalue weighted by molar-refractivity contribution is 5.01. The lowest BCUT2D eigenvalue weighted by molar-refractivity contribution is 0.251. The predicted molar refractivity (Wildman–Crippen MR) is 70.9 cm³/mol. The highest BCUT2D eigenvalue weighted by atomic mass is 15.3. The second kappa shape index (κ2) is 5.21. The fourth-order valence-electron chi connectivity index (χ4n) is 2.57. The number of hydrogen-bond donors (Lipinski definition) is 1. The Morgan fingerprint density at radius 2 is 2.06 bits per heavy atom. The number of rotatable bonds is 4. The van der Waals surface area contributed by atoms with Crippen molar-refractivity contribution in [3.05, 3.63) is 18.0 Å². The van der Waals surface area contributed by atoms with E-state index in [1.807, 2.05) is 4.68 Å². The Morgan fingerprint density at radius 3 is 2.65 bits per heavy atom. The number of nitrogens with one attached hydrogen (secondary N) is 1. The van der Waals surface area contributed by atoms with E-state index < -0.39 is 0 Å². The zero-order valence-electron chi connectivity index (χ0n) is 11.4. The zero-order chi connectivity index (χ0) is 12.3. The third-order valence-electron chi connectivity index (χ3n) is 3.85. The molecule has 1 N–H and O–H groups in total. The smallest absolute Gasteiger partial charge is 0.0762 e. The van der Waals surface area contributed by atoms with Gasteiger partial charge < -0.3 is 5.32 Å². The molecular formula is C14H25N3. The predicted octanol–water partition coefficient (Wildman–Crippen LogP) is 3.28. The van der Waals surface area contributed by atoms with Crippen molar-refractivity contribution in [1.29, 1.82) is 0 Å². The van der Waals surface area contributed by atoms with Crippen LogP contribution in [0.25, 0.3) is 0 Å². The molecule has 3 heteroatoms. The average molecular weight is 235 g/mol. The maximum absolute atomic E-state index is 4.58. The van der Waals surface area contributed by atoms with E-state index in [4.69, 9.17) is 0 Å². The molecule has 0 unspecified atom stereocenters. The molecule has 96 valence electrons. The third kappa shape index (κ3) is 3.32. The number of hydrogen-bond acceptors (Lipinski definition) is 2. The maximum Gasteiger partial charge on any atom is 0.0762 e. The molecule has 0 aliphatic heterocycles. The molecule has 1 fully saturated rings. The Kier molecular flexibility index (Phi) is 3.87. The van der Waals surface area contributed by atoms with E-state index in [0.717, 1.165) is 12.2 Å². The van der Waals surface area contributed by atoms with Crippen molar-refractivity contribution in [2.45, 2.75) is 71.0 Å². The summed E-state index contributed by atoms with van der Waals surface area (Å²) in [6, 6.07) is 2.58. The summed E-state index contributed by atoms with van der Waals surface area (Å²) in [5.41, 5.74) is 1.49. The van der Waals surface area contributed by atoms with E-state index in [1.54, 1.807) is 0 Å². The standard InChI is InChI=1S/C14H25N3/c1-12(2)17-10-7-13(16-17)11-15-14(3)8-5-4-6-9-14/h7,10,12,15H,4-6,8-9,11H2,1-3H3. The van der Waals surface area contributed by atoms with Crippen LogP contribution in [-0.4, -0.2) is 15.3 Å². The highest BCUT2D eigenvalue weighted by Crippen LogP contribution is 2.27. The van der Waals surface area contributed by atoms with Gasteiger partial charge in [0.15, 0.2) is 0 Å². The van der Waals surface area contributed by atoms with Crippen molar-refractivity contribution >= 4 is 0 Å². The van der Waals surface area contributed by atoms with Gasteiger partial charge in [-0.2, -0.15) is 5.10 Å². The Bertz CT molecular complexity index is 348. The lowest BCUT2D eigenvalue weighted by Crippen LogP contribution is -2.43. The fourth-order valence-corrected chi connectivity index (χ4v) is 2.57. The van der Waals surface area contributed by atoms with Gasteiger partial charge in [-0.3, -0.25) is 4.68 Å². The van der Waals surface area contributed by atoms with E-state index >= 15 is 0 Å². The summed E-state index contributed by atoms with van der Waals surface area (Å²) < 4.78 is 2.03. The first kappa shape index (κ1) is 12.6. The van der Waals surface area contributed by atoms with Gasteiger partial charge in [0.1, 0.15) is 0 Å². The van der Waals surface area contributed by atoms with Crippen molar-refractivity contribution in [2.24, 2.45) is 0 Å². The van der Waals surface area contributed by atoms with E-state index in [1.165, 1.54) is 32.1 Å². The van der Waals surface area contributed by atoms with Gasteiger partial charge in [-0.15, -0.1) is 0 Å². The molecular weight excluding hydrogens is 210 g/mol. The second-order valence-electron chi connectivity index (χ2n) is 5.86. The van der Waals surface area contributed by atoms with Gasteiger partial charge in [0, 0.05) is 24.3 Å². The van der Waals surface area contributed by atoms with Gasteiger partial charge in [-0.05, 0) is 39.7 Å².